The third-order valence-electron chi connectivity index (χ3n) is 3.94. The Labute approximate surface area is 131 Å². The molecule has 0 aliphatic carbocycles. The van der Waals surface area contributed by atoms with Crippen LogP contribution in [0.4, 0.5) is 0 Å². The molecule has 1 fully saturated rings. The summed E-state index contributed by atoms with van der Waals surface area (Å²) in [6.07, 6.45) is 5.30. The van der Waals surface area contributed by atoms with E-state index in [-0.39, 0.29) is 0 Å². The largest absolute Gasteiger partial charge is 0.314 e. The van der Waals surface area contributed by atoms with Crippen LogP contribution in [-0.4, -0.2) is 31.1 Å². The van der Waals surface area contributed by atoms with Crippen molar-refractivity contribution in [1.29, 1.82) is 0 Å². The summed E-state index contributed by atoms with van der Waals surface area (Å²) in [5.74, 6) is 0. The Balaban J connectivity index is 2.10. The van der Waals surface area contributed by atoms with Crippen molar-refractivity contribution in [3.05, 3.63) is 33.4 Å². The molecule has 0 aromatic heterocycles. The predicted octanol–water partition coefficient (Wildman–Crippen LogP) is 3.82. The molecule has 0 saturated carbocycles. The van der Waals surface area contributed by atoms with Crippen molar-refractivity contribution in [3.63, 3.8) is 0 Å². The first-order valence-corrected chi connectivity index (χ1v) is 8.60. The maximum absolute atomic E-state index is 3.46. The highest BCUT2D eigenvalue weighted by atomic mass is 127. The van der Waals surface area contributed by atoms with Crippen molar-refractivity contribution in [3.8, 4) is 0 Å². The number of nitrogens with zero attached hydrogens (tertiary/aromatic N) is 1. The molecule has 1 aliphatic rings. The minimum Gasteiger partial charge on any atom is -0.314 e. The van der Waals surface area contributed by atoms with Crippen molar-refractivity contribution >= 4 is 22.6 Å². The maximum atomic E-state index is 3.46. The Morgan fingerprint density at radius 3 is 2.63 bits per heavy atom. The van der Waals surface area contributed by atoms with Crippen LogP contribution >= 0.6 is 22.6 Å². The fourth-order valence-electron chi connectivity index (χ4n) is 2.86. The monoisotopic (exact) mass is 372 g/mol. The average Bonchev–Trinajstić information content (AvgIpc) is 2.46. The molecule has 1 heterocycles. The zero-order valence-corrected chi connectivity index (χ0v) is 14.0. The third-order valence-corrected chi connectivity index (χ3v) is 4.92. The lowest BCUT2D eigenvalue weighted by atomic mass is 9.98. The highest BCUT2D eigenvalue weighted by Crippen LogP contribution is 2.30. The van der Waals surface area contributed by atoms with E-state index in [1.165, 1.54) is 47.9 Å². The first-order chi connectivity index (χ1) is 9.33. The number of unbranched alkanes of at least 4 members (excludes halogenated alkanes) is 2. The van der Waals surface area contributed by atoms with Crippen molar-refractivity contribution in [1.82, 2.24) is 10.2 Å². The van der Waals surface area contributed by atoms with Crippen molar-refractivity contribution in [2.75, 3.05) is 26.2 Å². The highest BCUT2D eigenvalue weighted by molar-refractivity contribution is 14.1. The fraction of sp³-hybridized carbons (Fsp3) is 0.625. The molecule has 0 amide bonds. The van der Waals surface area contributed by atoms with Crippen LogP contribution < -0.4 is 5.32 Å². The number of halogens is 1. The van der Waals surface area contributed by atoms with E-state index in [0.29, 0.717) is 6.04 Å². The van der Waals surface area contributed by atoms with Gasteiger partial charge in [0.1, 0.15) is 0 Å². The summed E-state index contributed by atoms with van der Waals surface area (Å²) in [4.78, 5) is 2.67. The van der Waals surface area contributed by atoms with Crippen LogP contribution in [0.15, 0.2) is 24.3 Å². The number of piperazine rings is 1. The van der Waals surface area contributed by atoms with Gasteiger partial charge in [0.25, 0.3) is 0 Å². The Morgan fingerprint density at radius 1 is 1.21 bits per heavy atom. The smallest absolute Gasteiger partial charge is 0.0359 e. The lowest BCUT2D eigenvalue weighted by molar-refractivity contribution is 0.162. The first kappa shape index (κ1) is 15.3. The Kier molecular flexibility index (Phi) is 6.61. The summed E-state index contributed by atoms with van der Waals surface area (Å²) in [5, 5.41) is 3.46. The average molecular weight is 372 g/mol. The van der Waals surface area contributed by atoms with E-state index >= 15 is 0 Å². The molecule has 1 aromatic rings. The second-order valence-corrected chi connectivity index (χ2v) is 6.48. The molecule has 1 aromatic carbocycles. The number of benzene rings is 1. The quantitative estimate of drug-likeness (QED) is 0.603. The summed E-state index contributed by atoms with van der Waals surface area (Å²) in [7, 11) is 0. The van der Waals surface area contributed by atoms with E-state index in [2.05, 4.69) is 64.0 Å². The molecule has 2 nitrogen and oxygen atoms in total. The molecule has 3 heteroatoms. The second kappa shape index (κ2) is 8.22. The Bertz CT molecular complexity index is 375. The van der Waals surface area contributed by atoms with Crippen LogP contribution in [0, 0.1) is 3.57 Å². The fourth-order valence-corrected chi connectivity index (χ4v) is 3.61. The van der Waals surface area contributed by atoms with E-state index in [1.807, 2.05) is 0 Å². The van der Waals surface area contributed by atoms with Gasteiger partial charge >= 0.3 is 0 Å². The molecule has 2 rings (SSSR count). The molecule has 106 valence electrons. The number of rotatable bonds is 6. The Morgan fingerprint density at radius 2 is 1.95 bits per heavy atom. The van der Waals surface area contributed by atoms with Gasteiger partial charge in [-0.15, -0.1) is 0 Å². The van der Waals surface area contributed by atoms with Crippen molar-refractivity contribution in [2.24, 2.45) is 0 Å². The van der Waals surface area contributed by atoms with Gasteiger partial charge in [0.2, 0.25) is 0 Å². The van der Waals surface area contributed by atoms with Crippen LogP contribution in [0.5, 0.6) is 0 Å². The summed E-state index contributed by atoms with van der Waals surface area (Å²) in [6, 6.07) is 9.51. The first-order valence-electron chi connectivity index (χ1n) is 7.52. The molecular weight excluding hydrogens is 347 g/mol. The highest BCUT2D eigenvalue weighted by Gasteiger charge is 2.22. The van der Waals surface area contributed by atoms with Gasteiger partial charge in [-0.1, -0.05) is 44.4 Å². The van der Waals surface area contributed by atoms with Crippen LogP contribution in [0.2, 0.25) is 0 Å². The molecule has 1 N–H and O–H groups in total. The molecule has 0 bridgehead atoms. The zero-order chi connectivity index (χ0) is 13.5. The SMILES string of the molecule is CCCCC[C@@H](c1ccccc1I)N1CCNCC1. The topological polar surface area (TPSA) is 15.3 Å². The van der Waals surface area contributed by atoms with Gasteiger partial charge in [-0.25, -0.2) is 0 Å². The van der Waals surface area contributed by atoms with Crippen LogP contribution in [0.25, 0.3) is 0 Å². The second-order valence-electron chi connectivity index (χ2n) is 5.32. The predicted molar refractivity (Wildman–Crippen MR) is 90.5 cm³/mol. The molecule has 0 spiro atoms. The zero-order valence-electron chi connectivity index (χ0n) is 11.9. The van der Waals surface area contributed by atoms with Gasteiger partial charge in [0.05, 0.1) is 0 Å². The van der Waals surface area contributed by atoms with E-state index < -0.39 is 0 Å². The minimum atomic E-state index is 0.613. The number of hydrogen-bond donors (Lipinski definition) is 1. The normalized spacial score (nSPS) is 18.4. The van der Waals surface area contributed by atoms with Gasteiger partial charge in [0.15, 0.2) is 0 Å². The Hall–Kier alpha value is -0.130. The van der Waals surface area contributed by atoms with E-state index in [9.17, 15) is 0 Å². The molecule has 1 atom stereocenters. The molecule has 1 aliphatic heterocycles. The van der Waals surface area contributed by atoms with Gasteiger partial charge < -0.3 is 5.32 Å². The summed E-state index contributed by atoms with van der Waals surface area (Å²) < 4.78 is 1.42. The summed E-state index contributed by atoms with van der Waals surface area (Å²) in [5.41, 5.74) is 1.53. The van der Waals surface area contributed by atoms with Crippen LogP contribution in [0.3, 0.4) is 0 Å². The van der Waals surface area contributed by atoms with Gasteiger partial charge in [-0.3, -0.25) is 4.90 Å². The number of hydrogen-bond acceptors (Lipinski definition) is 2. The lowest BCUT2D eigenvalue weighted by Gasteiger charge is -2.36. The summed E-state index contributed by atoms with van der Waals surface area (Å²) in [6.45, 7) is 6.91. The summed E-state index contributed by atoms with van der Waals surface area (Å²) >= 11 is 2.49. The van der Waals surface area contributed by atoms with Crippen LogP contribution in [0.1, 0.15) is 44.2 Å². The van der Waals surface area contributed by atoms with Gasteiger partial charge in [-0.2, -0.15) is 0 Å². The minimum absolute atomic E-state index is 0.613. The van der Waals surface area contributed by atoms with E-state index in [0.717, 1.165) is 13.1 Å². The molecule has 0 radical (unpaired) electrons. The van der Waals surface area contributed by atoms with E-state index in [4.69, 9.17) is 0 Å². The van der Waals surface area contributed by atoms with Crippen LogP contribution in [-0.2, 0) is 0 Å². The van der Waals surface area contributed by atoms with Crippen molar-refractivity contribution < 1.29 is 0 Å². The molecule has 19 heavy (non-hydrogen) atoms. The van der Waals surface area contributed by atoms with Gasteiger partial charge in [-0.05, 0) is 40.6 Å². The van der Waals surface area contributed by atoms with Gasteiger partial charge in [0, 0.05) is 35.8 Å². The van der Waals surface area contributed by atoms with E-state index in [1.54, 1.807) is 0 Å². The molecule has 1 saturated heterocycles. The number of nitrogens with one attached hydrogen (secondary N) is 1. The molecular formula is C16H25IN2. The lowest BCUT2D eigenvalue weighted by Crippen LogP contribution is -2.45. The standard InChI is InChI=1S/C16H25IN2/c1-2-3-4-9-16(19-12-10-18-11-13-19)14-7-5-6-8-15(14)17/h5-8,16,18H,2-4,9-13H2,1H3/t16-/m0/s1. The molecule has 0 unspecified atom stereocenters. The van der Waals surface area contributed by atoms with Crippen molar-refractivity contribution in [2.45, 2.75) is 38.6 Å². The maximum Gasteiger partial charge on any atom is 0.0359 e. The third kappa shape index (κ3) is 4.43.